The van der Waals surface area contributed by atoms with Crippen LogP contribution < -0.4 is 16.4 Å². The Labute approximate surface area is 150 Å². The van der Waals surface area contributed by atoms with E-state index in [0.717, 1.165) is 0 Å². The van der Waals surface area contributed by atoms with Crippen LogP contribution in [0.25, 0.3) is 0 Å². The highest BCUT2D eigenvalue weighted by atomic mass is 16.4. The monoisotopic (exact) mass is 360 g/mol. The van der Waals surface area contributed by atoms with Crippen molar-refractivity contribution in [2.75, 3.05) is 11.9 Å². The average molecular weight is 360 g/mol. The Morgan fingerprint density at radius 3 is 2.31 bits per heavy atom. The van der Waals surface area contributed by atoms with E-state index in [4.69, 9.17) is 21.4 Å². The number of hydrogen-bond donors (Lipinski definition) is 6. The zero-order valence-electron chi connectivity index (χ0n) is 13.9. The molecule has 26 heavy (non-hydrogen) atoms. The predicted molar refractivity (Wildman–Crippen MR) is 94.4 cm³/mol. The summed E-state index contributed by atoms with van der Waals surface area (Å²) in [6, 6.07) is 5.40. The van der Waals surface area contributed by atoms with Gasteiger partial charge in [-0.1, -0.05) is 11.8 Å². The summed E-state index contributed by atoms with van der Waals surface area (Å²) in [6.45, 7) is -0.448. The number of hydrogen-bond acceptors (Lipinski definition) is 5. The highest BCUT2D eigenvalue weighted by Gasteiger charge is 2.14. The summed E-state index contributed by atoms with van der Waals surface area (Å²) >= 11 is 0. The van der Waals surface area contributed by atoms with Crippen LogP contribution >= 0.6 is 0 Å². The number of aliphatic hydroxyl groups excluding tert-OH is 1. The van der Waals surface area contributed by atoms with Crippen molar-refractivity contribution in [3.63, 3.8) is 0 Å². The van der Waals surface area contributed by atoms with Crippen molar-refractivity contribution in [2.45, 2.75) is 25.3 Å². The average Bonchev–Trinajstić information content (AvgIpc) is 2.58. The van der Waals surface area contributed by atoms with Crippen LogP contribution in [0.5, 0.6) is 0 Å². The molecule has 0 aliphatic rings. The molecule has 0 radical (unpaired) electrons. The fourth-order valence-corrected chi connectivity index (χ4v) is 1.93. The van der Waals surface area contributed by atoms with E-state index in [1.807, 2.05) is 0 Å². The van der Waals surface area contributed by atoms with E-state index in [1.165, 1.54) is 0 Å². The van der Waals surface area contributed by atoms with Crippen molar-refractivity contribution < 1.29 is 24.6 Å². The number of nitrogens with one attached hydrogen (secondary N) is 3. The quantitative estimate of drug-likeness (QED) is 0.210. The Morgan fingerprint density at radius 1 is 1.15 bits per heavy atom. The molecule has 0 aliphatic carbocycles. The number of nitrogen functional groups attached to an aromatic ring is 1. The van der Waals surface area contributed by atoms with Crippen LogP contribution in [0.1, 0.15) is 24.8 Å². The number of rotatable bonds is 8. The molecule has 0 spiro atoms. The number of aliphatic hydroxyl groups is 1. The summed E-state index contributed by atoms with van der Waals surface area (Å²) in [4.78, 5) is 34.4. The lowest BCUT2D eigenvalue weighted by Crippen LogP contribution is -2.36. The number of nitrogens with two attached hydrogens (primary N) is 1. The van der Waals surface area contributed by atoms with Crippen LogP contribution in [0, 0.1) is 17.3 Å². The maximum absolute atomic E-state index is 11.9. The van der Waals surface area contributed by atoms with Gasteiger partial charge in [0.2, 0.25) is 11.8 Å². The molecule has 0 bridgehead atoms. The van der Waals surface area contributed by atoms with Crippen molar-refractivity contribution in [1.82, 2.24) is 5.32 Å². The normalized spacial score (nSPS) is 10.8. The van der Waals surface area contributed by atoms with Gasteiger partial charge in [0.15, 0.2) is 0 Å². The third-order valence-electron chi connectivity index (χ3n) is 3.13. The molecule has 1 atom stereocenters. The summed E-state index contributed by atoms with van der Waals surface area (Å²) in [5.74, 6) is 2.58. The van der Waals surface area contributed by atoms with Gasteiger partial charge in [-0.2, -0.15) is 0 Å². The smallest absolute Gasteiger partial charge is 0.306 e. The zero-order chi connectivity index (χ0) is 19.5. The van der Waals surface area contributed by atoms with Crippen LogP contribution in [0.15, 0.2) is 24.3 Å². The van der Waals surface area contributed by atoms with E-state index in [0.29, 0.717) is 11.3 Å². The summed E-state index contributed by atoms with van der Waals surface area (Å²) < 4.78 is 0. The largest absolute Gasteiger partial charge is 0.481 e. The van der Waals surface area contributed by atoms with E-state index in [2.05, 4.69) is 22.5 Å². The van der Waals surface area contributed by atoms with Gasteiger partial charge in [0, 0.05) is 24.1 Å². The summed E-state index contributed by atoms with van der Waals surface area (Å²) in [5.41, 5.74) is 6.36. The molecule has 0 heterocycles. The van der Waals surface area contributed by atoms with Crippen molar-refractivity contribution in [2.24, 2.45) is 5.73 Å². The number of benzene rings is 1. The Bertz CT molecular complexity index is 734. The Morgan fingerprint density at radius 2 is 1.77 bits per heavy atom. The third-order valence-corrected chi connectivity index (χ3v) is 3.13. The van der Waals surface area contributed by atoms with Gasteiger partial charge >= 0.3 is 5.97 Å². The van der Waals surface area contributed by atoms with Gasteiger partial charge in [-0.15, -0.1) is 0 Å². The fraction of sp³-hybridized carbons (Fsp3) is 0.294. The lowest BCUT2D eigenvalue weighted by Gasteiger charge is -2.11. The van der Waals surface area contributed by atoms with Gasteiger partial charge in [-0.25, -0.2) is 0 Å². The molecule has 1 unspecified atom stereocenters. The minimum Gasteiger partial charge on any atom is -0.481 e. The molecule has 0 saturated heterocycles. The number of anilines is 1. The van der Waals surface area contributed by atoms with Gasteiger partial charge in [0.25, 0.3) is 0 Å². The SMILES string of the molecule is N=C(N)c1ccc(NC(=O)CCC(=O)NC(C#CCO)CC(=O)O)cc1. The molecule has 0 aliphatic heterocycles. The molecule has 9 heteroatoms. The Hall–Kier alpha value is -3.38. The molecule has 9 nitrogen and oxygen atoms in total. The van der Waals surface area contributed by atoms with E-state index in [1.54, 1.807) is 24.3 Å². The third kappa shape index (κ3) is 7.94. The highest BCUT2D eigenvalue weighted by Crippen LogP contribution is 2.10. The number of amidine groups is 1. The molecule has 1 rings (SSSR count). The first-order valence-corrected chi connectivity index (χ1v) is 7.66. The fourth-order valence-electron chi connectivity index (χ4n) is 1.93. The van der Waals surface area contributed by atoms with Crippen molar-refractivity contribution >= 4 is 29.3 Å². The number of carbonyl (C=O) groups excluding carboxylic acids is 2. The molecule has 0 fully saturated rings. The number of carbonyl (C=O) groups is 3. The van der Waals surface area contributed by atoms with Crippen molar-refractivity contribution in [3.8, 4) is 11.8 Å². The number of carboxylic acids is 1. The molecular formula is C17H20N4O5. The zero-order valence-corrected chi connectivity index (χ0v) is 13.9. The van der Waals surface area contributed by atoms with Crippen LogP contribution in [0.3, 0.4) is 0 Å². The van der Waals surface area contributed by atoms with E-state index in [9.17, 15) is 14.4 Å². The first-order chi connectivity index (χ1) is 12.3. The van der Waals surface area contributed by atoms with Crippen LogP contribution in [0.4, 0.5) is 5.69 Å². The van der Waals surface area contributed by atoms with E-state index < -0.39 is 36.9 Å². The first kappa shape index (κ1) is 20.7. The summed E-state index contributed by atoms with van der Waals surface area (Å²) in [5, 5.41) is 29.7. The van der Waals surface area contributed by atoms with E-state index >= 15 is 0 Å². The van der Waals surface area contributed by atoms with Crippen LogP contribution in [-0.2, 0) is 14.4 Å². The van der Waals surface area contributed by atoms with Gasteiger partial charge < -0.3 is 26.6 Å². The summed E-state index contributed by atoms with van der Waals surface area (Å²) in [6.07, 6.45) is -0.658. The molecule has 138 valence electrons. The minimum absolute atomic E-state index is 0.0836. The Kier molecular flexibility index (Phi) is 8.33. The van der Waals surface area contributed by atoms with Gasteiger partial charge in [0.05, 0.1) is 6.42 Å². The van der Waals surface area contributed by atoms with E-state index in [-0.39, 0.29) is 18.7 Å². The molecule has 1 aromatic rings. The highest BCUT2D eigenvalue weighted by molar-refractivity contribution is 5.96. The second kappa shape index (κ2) is 10.5. The molecule has 0 saturated carbocycles. The number of aliphatic carboxylic acids is 1. The molecule has 2 amide bonds. The maximum Gasteiger partial charge on any atom is 0.306 e. The molecule has 0 aromatic heterocycles. The number of amides is 2. The van der Waals surface area contributed by atoms with Crippen molar-refractivity contribution in [3.05, 3.63) is 29.8 Å². The topological polar surface area (TPSA) is 166 Å². The molecular weight excluding hydrogens is 340 g/mol. The van der Waals surface area contributed by atoms with Gasteiger partial charge in [-0.3, -0.25) is 19.8 Å². The maximum atomic E-state index is 11.9. The standard InChI is InChI=1S/C17H20N4O5/c18-17(19)11-3-5-12(6-4-11)20-14(23)7-8-15(24)21-13(2-1-9-22)10-16(25)26/h3-6,13,22H,7-10H2,(H3,18,19)(H,20,23)(H,21,24)(H,25,26). The first-order valence-electron chi connectivity index (χ1n) is 7.66. The molecule has 1 aromatic carbocycles. The molecule has 7 N–H and O–H groups in total. The number of carboxylic acid groups (broad SMARTS) is 1. The van der Waals surface area contributed by atoms with Gasteiger partial charge in [-0.05, 0) is 24.3 Å². The lowest BCUT2D eigenvalue weighted by molar-refractivity contribution is -0.137. The summed E-state index contributed by atoms with van der Waals surface area (Å²) in [7, 11) is 0. The predicted octanol–water partition coefficient (Wildman–Crippen LogP) is -0.355. The van der Waals surface area contributed by atoms with Crippen LogP contribution in [0.2, 0.25) is 0 Å². The minimum atomic E-state index is -1.14. The van der Waals surface area contributed by atoms with Crippen LogP contribution in [-0.4, -0.2) is 46.5 Å². The second-order valence-electron chi connectivity index (χ2n) is 5.24. The Balaban J connectivity index is 2.48. The second-order valence-corrected chi connectivity index (χ2v) is 5.24. The lowest BCUT2D eigenvalue weighted by atomic mass is 10.1. The van der Waals surface area contributed by atoms with Gasteiger partial charge in [0.1, 0.15) is 18.5 Å². The van der Waals surface area contributed by atoms with Crippen molar-refractivity contribution in [1.29, 1.82) is 5.41 Å².